The first-order chi connectivity index (χ1) is 11.9. The van der Waals surface area contributed by atoms with Gasteiger partial charge < -0.3 is 4.98 Å². The molecule has 0 aliphatic carbocycles. The van der Waals surface area contributed by atoms with Crippen molar-refractivity contribution in [2.75, 3.05) is 13.1 Å². The molecule has 3 rings (SSSR count). The normalized spacial score (nSPS) is 15.6. The third kappa shape index (κ3) is 3.70. The summed E-state index contributed by atoms with van der Waals surface area (Å²) in [5.74, 6) is 0. The summed E-state index contributed by atoms with van der Waals surface area (Å²) in [4.78, 5) is 18.2. The summed E-state index contributed by atoms with van der Waals surface area (Å²) in [7, 11) is -3.78. The molecule has 1 fully saturated rings. The van der Waals surface area contributed by atoms with Gasteiger partial charge in [-0.1, -0.05) is 18.7 Å². The monoisotopic (exact) mass is 382 g/mol. The van der Waals surface area contributed by atoms with Gasteiger partial charge in [0.15, 0.2) is 5.16 Å². The Morgan fingerprint density at radius 3 is 2.68 bits per heavy atom. The number of hydrogen-bond acceptors (Lipinski definition) is 6. The second-order valence-corrected chi connectivity index (χ2v) is 8.61. The maximum Gasteiger partial charge on any atom is 0.270 e. The van der Waals surface area contributed by atoms with Crippen LogP contribution in [0.2, 0.25) is 0 Å². The first-order valence-corrected chi connectivity index (χ1v) is 10.2. The molecule has 0 spiro atoms. The van der Waals surface area contributed by atoms with Crippen LogP contribution in [0.5, 0.6) is 0 Å². The first-order valence-electron chi connectivity index (χ1n) is 7.92. The number of nitrogens with one attached hydrogen (secondary N) is 1. The van der Waals surface area contributed by atoms with Crippen LogP contribution in [-0.4, -0.2) is 40.7 Å². The summed E-state index contributed by atoms with van der Waals surface area (Å²) in [5, 5.41) is 11.6. The third-order valence-corrected chi connectivity index (χ3v) is 7.06. The lowest BCUT2D eigenvalue weighted by atomic mass is 10.3. The molecule has 8 nitrogen and oxygen atoms in total. The Kier molecular flexibility index (Phi) is 5.11. The molecular weight excluding hydrogens is 364 g/mol. The van der Waals surface area contributed by atoms with Crippen LogP contribution in [-0.2, 0) is 16.4 Å². The number of aromatic nitrogens is 2. The van der Waals surface area contributed by atoms with Gasteiger partial charge in [-0.3, -0.25) is 10.1 Å². The second-order valence-electron chi connectivity index (χ2n) is 5.67. The quantitative estimate of drug-likeness (QED) is 0.608. The zero-order chi connectivity index (χ0) is 18.0. The number of hydrogen-bond donors (Lipinski definition) is 1. The lowest BCUT2D eigenvalue weighted by Gasteiger charge is -2.17. The van der Waals surface area contributed by atoms with E-state index >= 15 is 0 Å². The van der Waals surface area contributed by atoms with E-state index in [-0.39, 0.29) is 10.6 Å². The Labute approximate surface area is 149 Å². The van der Waals surface area contributed by atoms with Gasteiger partial charge in [-0.25, -0.2) is 13.4 Å². The zero-order valence-corrected chi connectivity index (χ0v) is 15.3. The fourth-order valence-corrected chi connectivity index (χ4v) is 5.48. The summed E-state index contributed by atoms with van der Waals surface area (Å²) < 4.78 is 27.3. The van der Waals surface area contributed by atoms with Crippen molar-refractivity contribution in [3.05, 3.63) is 40.2 Å². The van der Waals surface area contributed by atoms with Crippen LogP contribution in [0.4, 0.5) is 5.69 Å². The average Bonchev–Trinajstić information content (AvgIpc) is 3.26. The maximum atomic E-state index is 12.9. The van der Waals surface area contributed by atoms with Gasteiger partial charge >= 0.3 is 0 Å². The largest absolute Gasteiger partial charge is 0.337 e. The highest BCUT2D eigenvalue weighted by molar-refractivity contribution is 8.00. The Hall–Kier alpha value is -1.91. The summed E-state index contributed by atoms with van der Waals surface area (Å²) in [6, 6.07) is 3.93. The molecule has 1 aromatic heterocycles. The number of benzene rings is 1. The number of rotatable bonds is 6. The van der Waals surface area contributed by atoms with Gasteiger partial charge in [0, 0.05) is 42.0 Å². The number of nitrogens with zero attached hydrogens (tertiary/aromatic N) is 3. The predicted molar refractivity (Wildman–Crippen MR) is 93.2 cm³/mol. The van der Waals surface area contributed by atoms with Gasteiger partial charge in [-0.15, -0.1) is 0 Å². The molecule has 0 unspecified atom stereocenters. The van der Waals surface area contributed by atoms with Crippen molar-refractivity contribution in [2.45, 2.75) is 41.1 Å². The number of imidazole rings is 1. The van der Waals surface area contributed by atoms with Gasteiger partial charge in [0.1, 0.15) is 4.90 Å². The molecular formula is C15H18N4O4S2. The van der Waals surface area contributed by atoms with Crippen molar-refractivity contribution < 1.29 is 13.3 Å². The van der Waals surface area contributed by atoms with Crippen molar-refractivity contribution >= 4 is 27.5 Å². The molecule has 2 heterocycles. The lowest BCUT2D eigenvalue weighted by molar-refractivity contribution is -0.385. The van der Waals surface area contributed by atoms with Crippen LogP contribution >= 0.6 is 11.8 Å². The van der Waals surface area contributed by atoms with E-state index in [2.05, 4.69) is 9.97 Å². The van der Waals surface area contributed by atoms with E-state index in [1.807, 2.05) is 6.92 Å². The van der Waals surface area contributed by atoms with E-state index in [4.69, 9.17) is 0 Å². The van der Waals surface area contributed by atoms with Crippen molar-refractivity contribution in [3.8, 4) is 0 Å². The third-order valence-electron chi connectivity index (χ3n) is 4.01. The number of sulfonamides is 1. The molecule has 0 radical (unpaired) electrons. The first kappa shape index (κ1) is 17.9. The van der Waals surface area contributed by atoms with Crippen LogP contribution in [0.25, 0.3) is 0 Å². The molecule has 0 atom stereocenters. The van der Waals surface area contributed by atoms with Crippen molar-refractivity contribution in [1.29, 1.82) is 0 Å². The van der Waals surface area contributed by atoms with Crippen LogP contribution < -0.4 is 0 Å². The number of nitro benzene ring substituents is 1. The molecule has 1 saturated heterocycles. The fourth-order valence-electron chi connectivity index (χ4n) is 2.64. The number of nitro groups is 1. The molecule has 1 N–H and O–H groups in total. The minimum Gasteiger partial charge on any atom is -0.337 e. The molecule has 0 saturated carbocycles. The lowest BCUT2D eigenvalue weighted by Crippen LogP contribution is -2.28. The predicted octanol–water partition coefficient (Wildman–Crippen LogP) is 2.82. The van der Waals surface area contributed by atoms with Crippen LogP contribution in [0.1, 0.15) is 25.5 Å². The molecule has 1 aliphatic rings. The summed E-state index contributed by atoms with van der Waals surface area (Å²) in [6.07, 6.45) is 4.08. The SMILES string of the molecule is CCc1cnc(Sc2ccc([N+](=O)[O-])cc2S(=O)(=O)N2CCCC2)[nH]1. The molecule has 10 heteroatoms. The summed E-state index contributed by atoms with van der Waals surface area (Å²) in [6.45, 7) is 2.86. The Morgan fingerprint density at radius 1 is 1.36 bits per heavy atom. The Balaban J connectivity index is 2.03. The van der Waals surface area contributed by atoms with E-state index in [9.17, 15) is 18.5 Å². The highest BCUT2D eigenvalue weighted by Crippen LogP contribution is 2.36. The van der Waals surface area contributed by atoms with Crippen molar-refractivity contribution in [3.63, 3.8) is 0 Å². The Bertz CT molecular complexity index is 889. The average molecular weight is 382 g/mol. The highest BCUT2D eigenvalue weighted by atomic mass is 32.2. The summed E-state index contributed by atoms with van der Waals surface area (Å²) in [5.41, 5.74) is 0.698. The standard InChI is InChI=1S/C15H18N4O4S2/c1-2-11-10-16-15(17-11)24-13-6-5-12(19(20)21)9-14(13)25(22,23)18-7-3-4-8-18/h5-6,9-10H,2-4,7-8H2,1H3,(H,16,17). The molecule has 0 amide bonds. The number of H-pyrrole nitrogens is 1. The van der Waals surface area contributed by atoms with Crippen molar-refractivity contribution in [2.24, 2.45) is 0 Å². The molecule has 0 bridgehead atoms. The van der Waals surface area contributed by atoms with Crippen molar-refractivity contribution in [1.82, 2.24) is 14.3 Å². The van der Waals surface area contributed by atoms with E-state index in [0.717, 1.165) is 42.8 Å². The highest BCUT2D eigenvalue weighted by Gasteiger charge is 2.31. The zero-order valence-electron chi connectivity index (χ0n) is 13.6. The Morgan fingerprint density at radius 2 is 2.08 bits per heavy atom. The number of aryl methyl sites for hydroxylation is 1. The van der Waals surface area contributed by atoms with Crippen LogP contribution in [0.3, 0.4) is 0 Å². The smallest absolute Gasteiger partial charge is 0.270 e. The van der Waals surface area contributed by atoms with E-state index in [1.54, 1.807) is 6.20 Å². The van der Waals surface area contributed by atoms with Crippen LogP contribution in [0.15, 0.2) is 39.3 Å². The molecule has 1 aromatic carbocycles. The minimum absolute atomic E-state index is 0.0388. The number of non-ortho nitro benzene ring substituents is 1. The summed E-state index contributed by atoms with van der Waals surface area (Å²) >= 11 is 1.16. The molecule has 1 aliphatic heterocycles. The van der Waals surface area contributed by atoms with Gasteiger partial charge in [0.25, 0.3) is 5.69 Å². The second kappa shape index (κ2) is 7.14. The van der Waals surface area contributed by atoms with E-state index < -0.39 is 14.9 Å². The van der Waals surface area contributed by atoms with Gasteiger partial charge in [-0.05, 0) is 25.3 Å². The molecule has 25 heavy (non-hydrogen) atoms. The molecule has 2 aromatic rings. The van der Waals surface area contributed by atoms with Gasteiger partial charge in [-0.2, -0.15) is 4.31 Å². The van der Waals surface area contributed by atoms with Gasteiger partial charge in [0.2, 0.25) is 10.0 Å². The van der Waals surface area contributed by atoms with Crippen LogP contribution in [0, 0.1) is 10.1 Å². The van der Waals surface area contributed by atoms with Gasteiger partial charge in [0.05, 0.1) is 4.92 Å². The fraction of sp³-hybridized carbons (Fsp3) is 0.400. The van der Waals surface area contributed by atoms with E-state index in [0.29, 0.717) is 23.1 Å². The number of aromatic amines is 1. The minimum atomic E-state index is -3.78. The molecule has 134 valence electrons. The maximum absolute atomic E-state index is 12.9. The topological polar surface area (TPSA) is 109 Å². The van der Waals surface area contributed by atoms with E-state index in [1.165, 1.54) is 16.4 Å².